The average Bonchev–Trinajstić information content (AvgIpc) is 3.37. The first-order valence-electron chi connectivity index (χ1n) is 33.9. The van der Waals surface area contributed by atoms with E-state index in [4.69, 9.17) is 9.05 Å². The summed E-state index contributed by atoms with van der Waals surface area (Å²) in [5, 5.41) is 14.1. The predicted molar refractivity (Wildman–Crippen MR) is 328 cm³/mol. The minimum atomic E-state index is -4.32. The van der Waals surface area contributed by atoms with Crippen LogP contribution >= 0.6 is 7.82 Å². The van der Waals surface area contributed by atoms with E-state index in [1.54, 1.807) is 0 Å². The third-order valence-corrected chi connectivity index (χ3v) is 17.1. The van der Waals surface area contributed by atoms with Crippen molar-refractivity contribution in [2.75, 3.05) is 40.9 Å². The number of amides is 1. The highest BCUT2D eigenvalue weighted by Gasteiger charge is 2.28. The number of hydrogen-bond acceptors (Lipinski definition) is 5. The van der Waals surface area contributed by atoms with Gasteiger partial charge in [0.1, 0.15) is 13.2 Å². The van der Waals surface area contributed by atoms with Gasteiger partial charge in [0.2, 0.25) is 5.91 Å². The Kier molecular flexibility index (Phi) is 57.8. The fraction of sp³-hybridized carbons (Fsp3) is 0.985. The maximum absolute atomic E-state index is 13.1. The Morgan fingerprint density at radius 3 is 0.893 bits per heavy atom. The van der Waals surface area contributed by atoms with Crippen LogP contribution in [-0.4, -0.2) is 73.4 Å². The van der Waals surface area contributed by atoms with E-state index in [2.05, 4.69) is 19.2 Å². The van der Waals surface area contributed by atoms with Crippen LogP contribution in [-0.2, 0) is 18.4 Å². The summed E-state index contributed by atoms with van der Waals surface area (Å²) in [6.07, 6.45) is 72.0. The summed E-state index contributed by atoms with van der Waals surface area (Å²) in [5.74, 6) is -0.133. The third-order valence-electron chi connectivity index (χ3n) is 16.1. The van der Waals surface area contributed by atoms with Crippen molar-refractivity contribution in [3.63, 3.8) is 0 Å². The highest BCUT2D eigenvalue weighted by molar-refractivity contribution is 7.47. The van der Waals surface area contributed by atoms with E-state index in [1.165, 1.54) is 302 Å². The second-order valence-corrected chi connectivity index (χ2v) is 26.4. The van der Waals surface area contributed by atoms with Gasteiger partial charge in [-0.05, 0) is 12.8 Å². The highest BCUT2D eigenvalue weighted by Crippen LogP contribution is 2.43. The van der Waals surface area contributed by atoms with E-state index in [-0.39, 0.29) is 19.1 Å². The molecule has 0 heterocycles. The smallest absolute Gasteiger partial charge is 0.391 e. The maximum Gasteiger partial charge on any atom is 0.472 e. The van der Waals surface area contributed by atoms with E-state index < -0.39 is 20.0 Å². The van der Waals surface area contributed by atoms with Gasteiger partial charge in [-0.3, -0.25) is 13.8 Å². The van der Waals surface area contributed by atoms with Crippen LogP contribution in [0.4, 0.5) is 0 Å². The van der Waals surface area contributed by atoms with Crippen molar-refractivity contribution in [2.24, 2.45) is 0 Å². The zero-order chi connectivity index (χ0) is 54.9. The molecule has 3 atom stereocenters. The number of nitrogens with one attached hydrogen (secondary N) is 1. The van der Waals surface area contributed by atoms with Gasteiger partial charge in [0.05, 0.1) is 39.9 Å². The number of carbonyl (C=O) groups is 1. The van der Waals surface area contributed by atoms with Gasteiger partial charge in [-0.15, -0.1) is 0 Å². The molecule has 0 fully saturated rings. The second kappa shape index (κ2) is 58.2. The van der Waals surface area contributed by atoms with E-state index in [9.17, 15) is 19.4 Å². The number of likely N-dealkylation sites (N-methyl/N-ethyl adjacent to an activating group) is 1. The molecule has 9 heteroatoms. The first kappa shape index (κ1) is 74.5. The van der Waals surface area contributed by atoms with Crippen molar-refractivity contribution in [1.29, 1.82) is 0 Å². The number of aliphatic hydroxyl groups excluding tert-OH is 1. The van der Waals surface area contributed by atoms with Crippen LogP contribution in [0.5, 0.6) is 0 Å². The third kappa shape index (κ3) is 61.0. The van der Waals surface area contributed by atoms with Crippen molar-refractivity contribution < 1.29 is 32.9 Å². The summed E-state index contributed by atoms with van der Waals surface area (Å²) < 4.78 is 23.9. The molecule has 0 saturated carbocycles. The molecule has 0 aromatic rings. The zero-order valence-corrected chi connectivity index (χ0v) is 52.5. The van der Waals surface area contributed by atoms with Gasteiger partial charge in [0, 0.05) is 6.42 Å². The maximum atomic E-state index is 13.1. The number of phosphoric ester groups is 1. The second-order valence-electron chi connectivity index (χ2n) is 24.9. The van der Waals surface area contributed by atoms with E-state index >= 15 is 0 Å². The molecule has 3 N–H and O–H groups in total. The number of rotatable bonds is 64. The molecule has 75 heavy (non-hydrogen) atoms. The fourth-order valence-corrected chi connectivity index (χ4v) is 11.6. The summed E-state index contributed by atoms with van der Waals surface area (Å²) in [6.45, 7) is 4.96. The van der Waals surface area contributed by atoms with Crippen LogP contribution in [0.25, 0.3) is 0 Å². The zero-order valence-electron chi connectivity index (χ0n) is 51.6. The van der Waals surface area contributed by atoms with Crippen LogP contribution in [0.15, 0.2) is 0 Å². The van der Waals surface area contributed by atoms with Crippen LogP contribution in [0.1, 0.15) is 367 Å². The standard InChI is InChI=1S/C66H135N2O6P/c1-6-8-10-12-14-16-18-20-22-24-26-28-30-32-33-34-35-36-38-40-42-44-46-48-50-52-54-56-58-60-66(70)67-64(63-74-75(71,72)73-62-61-68(3,4)5)65(69)59-57-55-53-51-49-47-45-43-41-39-37-31-29-27-25-23-21-19-17-15-13-11-9-7-2/h64-65,69H,6-63H2,1-5H3,(H-,67,70,71,72)/p+1. The van der Waals surface area contributed by atoms with E-state index in [0.717, 1.165) is 38.5 Å². The Bertz CT molecular complexity index is 1180. The number of phosphoric acid groups is 1. The summed E-state index contributed by atoms with van der Waals surface area (Å²) in [4.78, 5) is 23.4. The monoisotopic (exact) mass is 1080 g/mol. The first-order chi connectivity index (χ1) is 36.5. The van der Waals surface area contributed by atoms with Gasteiger partial charge in [-0.2, -0.15) is 0 Å². The molecular formula is C66H136N2O6P+. The van der Waals surface area contributed by atoms with Crippen molar-refractivity contribution >= 4 is 13.7 Å². The van der Waals surface area contributed by atoms with Crippen LogP contribution in [0.2, 0.25) is 0 Å². The Balaban J connectivity index is 4.00. The lowest BCUT2D eigenvalue weighted by Gasteiger charge is -2.26. The molecule has 0 bridgehead atoms. The Labute approximate surface area is 470 Å². The van der Waals surface area contributed by atoms with Crippen molar-refractivity contribution in [3.8, 4) is 0 Å². The molecular weight excluding hydrogens is 948 g/mol. The number of carbonyl (C=O) groups excluding carboxylic acids is 1. The molecule has 0 aliphatic rings. The van der Waals surface area contributed by atoms with Crippen molar-refractivity contribution in [3.05, 3.63) is 0 Å². The summed E-state index contributed by atoms with van der Waals surface area (Å²) >= 11 is 0. The molecule has 0 aliphatic carbocycles. The lowest BCUT2D eigenvalue weighted by atomic mass is 10.0. The lowest BCUT2D eigenvalue weighted by molar-refractivity contribution is -0.870. The van der Waals surface area contributed by atoms with Gasteiger partial charge >= 0.3 is 7.82 Å². The molecule has 0 saturated heterocycles. The van der Waals surface area contributed by atoms with Crippen molar-refractivity contribution in [1.82, 2.24) is 5.32 Å². The topological polar surface area (TPSA) is 105 Å². The van der Waals surface area contributed by atoms with E-state index in [1.807, 2.05) is 21.1 Å². The quantitative estimate of drug-likeness (QED) is 0.0318. The molecule has 0 radical (unpaired) electrons. The highest BCUT2D eigenvalue weighted by atomic mass is 31.2. The number of hydrogen-bond donors (Lipinski definition) is 3. The summed E-state index contributed by atoms with van der Waals surface area (Å²) in [7, 11) is 1.64. The van der Waals surface area contributed by atoms with Crippen molar-refractivity contribution in [2.45, 2.75) is 379 Å². The SMILES string of the molecule is CCCCCCCCCCCCCCCCCCCCCCCCCCCCCCCC(=O)NC(COP(=O)(O)OCC[N+](C)(C)C)C(O)CCCCCCCCCCCCCCCCCCCCCCCCCC. The van der Waals surface area contributed by atoms with Crippen LogP contribution < -0.4 is 5.32 Å². The first-order valence-corrected chi connectivity index (χ1v) is 35.4. The fourth-order valence-electron chi connectivity index (χ4n) is 10.8. The number of nitrogens with zero attached hydrogens (tertiary/aromatic N) is 1. The van der Waals surface area contributed by atoms with Gasteiger partial charge in [-0.1, -0.05) is 348 Å². The van der Waals surface area contributed by atoms with E-state index in [0.29, 0.717) is 23.9 Å². The molecule has 0 rings (SSSR count). The molecule has 0 aromatic carbocycles. The minimum absolute atomic E-state index is 0.0794. The Morgan fingerprint density at radius 2 is 0.640 bits per heavy atom. The normalized spacial score (nSPS) is 13.6. The Hall–Kier alpha value is -0.500. The molecule has 0 spiro atoms. The summed E-state index contributed by atoms with van der Waals surface area (Å²) in [6, 6.07) is -0.756. The minimum Gasteiger partial charge on any atom is -0.391 e. The number of quaternary nitrogens is 1. The lowest BCUT2D eigenvalue weighted by Crippen LogP contribution is -2.46. The molecule has 0 aliphatic heterocycles. The molecule has 3 unspecified atom stereocenters. The average molecular weight is 1080 g/mol. The van der Waals surface area contributed by atoms with Crippen LogP contribution in [0.3, 0.4) is 0 Å². The summed E-state index contributed by atoms with van der Waals surface area (Å²) in [5.41, 5.74) is 0. The molecule has 450 valence electrons. The van der Waals surface area contributed by atoms with Crippen LogP contribution in [0, 0.1) is 0 Å². The van der Waals surface area contributed by atoms with Gasteiger partial charge < -0.3 is 19.8 Å². The molecule has 0 aromatic heterocycles. The largest absolute Gasteiger partial charge is 0.472 e. The molecule has 8 nitrogen and oxygen atoms in total. The van der Waals surface area contributed by atoms with Gasteiger partial charge in [0.25, 0.3) is 0 Å². The Morgan fingerprint density at radius 1 is 0.400 bits per heavy atom. The predicted octanol–water partition coefficient (Wildman–Crippen LogP) is 21.2. The number of unbranched alkanes of at least 4 members (excludes halogenated alkanes) is 51. The molecule has 1 amide bonds. The van der Waals surface area contributed by atoms with Gasteiger partial charge in [0.15, 0.2) is 0 Å². The number of aliphatic hydroxyl groups is 1. The van der Waals surface area contributed by atoms with Gasteiger partial charge in [-0.25, -0.2) is 4.57 Å².